The van der Waals surface area contributed by atoms with Gasteiger partial charge in [-0.2, -0.15) is 0 Å². The second-order valence-electron chi connectivity index (χ2n) is 4.16. The Hall–Kier alpha value is -1.22. The molecule has 0 aromatic heterocycles. The molecule has 0 bridgehead atoms. The number of morpholine rings is 1. The van der Waals surface area contributed by atoms with Crippen molar-refractivity contribution in [3.05, 3.63) is 11.9 Å². The lowest BCUT2D eigenvalue weighted by atomic mass is 10.3. The van der Waals surface area contributed by atoms with E-state index in [2.05, 4.69) is 0 Å². The summed E-state index contributed by atoms with van der Waals surface area (Å²) in [4.78, 5) is 7.22. The quantitative estimate of drug-likeness (QED) is 0.410. The fourth-order valence-electron chi connectivity index (χ4n) is 1.51. The third-order valence-electron chi connectivity index (χ3n) is 2.89. The van der Waals surface area contributed by atoms with Crippen LogP contribution < -0.4 is 5.73 Å². The molecule has 1 aliphatic rings. The number of halogens is 1. The number of hydrogen-bond donors (Lipinski definition) is 2. The summed E-state index contributed by atoms with van der Waals surface area (Å²) in [6.45, 7) is 2.75. The van der Waals surface area contributed by atoms with Crippen molar-refractivity contribution in [1.29, 1.82) is 5.41 Å². The van der Waals surface area contributed by atoms with Gasteiger partial charge in [0.25, 0.3) is 0 Å². The SMILES string of the molecule is CN(OC/C(=C/F)CN)N(C)C(=N)N1CCOCC1. The molecule has 0 radical (unpaired) electrons. The molecule has 1 rings (SSSR count). The van der Waals surface area contributed by atoms with Crippen LogP contribution in [0.1, 0.15) is 0 Å². The van der Waals surface area contributed by atoms with E-state index in [-0.39, 0.29) is 13.2 Å². The minimum Gasteiger partial charge on any atom is -0.378 e. The molecular weight excluding hydrogens is 253 g/mol. The molecule has 8 heteroatoms. The van der Waals surface area contributed by atoms with Gasteiger partial charge >= 0.3 is 0 Å². The van der Waals surface area contributed by atoms with Crippen molar-refractivity contribution >= 4 is 5.96 Å². The van der Waals surface area contributed by atoms with Gasteiger partial charge in [-0.05, 0) is 5.57 Å². The van der Waals surface area contributed by atoms with Crippen LogP contribution in [-0.2, 0) is 9.57 Å². The maximum absolute atomic E-state index is 12.3. The van der Waals surface area contributed by atoms with Gasteiger partial charge < -0.3 is 15.4 Å². The van der Waals surface area contributed by atoms with Gasteiger partial charge in [0.15, 0.2) is 0 Å². The van der Waals surface area contributed by atoms with E-state index < -0.39 is 0 Å². The third kappa shape index (κ3) is 4.75. The summed E-state index contributed by atoms with van der Waals surface area (Å²) in [7, 11) is 3.36. The number of nitrogens with zero attached hydrogens (tertiary/aromatic N) is 3. The monoisotopic (exact) mass is 275 g/mol. The number of rotatable bonds is 5. The molecule has 1 fully saturated rings. The van der Waals surface area contributed by atoms with Crippen molar-refractivity contribution in [2.75, 3.05) is 53.6 Å². The second-order valence-corrected chi connectivity index (χ2v) is 4.16. The zero-order valence-electron chi connectivity index (χ0n) is 11.4. The van der Waals surface area contributed by atoms with Crippen molar-refractivity contribution < 1.29 is 14.0 Å². The second kappa shape index (κ2) is 8.05. The number of ether oxygens (including phenoxy) is 1. The smallest absolute Gasteiger partial charge is 0.210 e. The highest BCUT2D eigenvalue weighted by atomic mass is 19.1. The van der Waals surface area contributed by atoms with Crippen LogP contribution >= 0.6 is 0 Å². The molecule has 1 aliphatic heterocycles. The molecule has 0 aromatic rings. The molecule has 1 heterocycles. The van der Waals surface area contributed by atoms with Crippen LogP contribution in [0.5, 0.6) is 0 Å². The summed E-state index contributed by atoms with van der Waals surface area (Å²) in [6, 6.07) is 0. The average molecular weight is 275 g/mol. The first-order valence-corrected chi connectivity index (χ1v) is 6.09. The first-order valence-electron chi connectivity index (χ1n) is 6.09. The lowest BCUT2D eigenvalue weighted by Crippen LogP contribution is -2.52. The van der Waals surface area contributed by atoms with Gasteiger partial charge in [-0.15, -0.1) is 0 Å². The van der Waals surface area contributed by atoms with Gasteiger partial charge in [-0.3, -0.25) is 15.3 Å². The lowest BCUT2D eigenvalue weighted by Gasteiger charge is -2.36. The topological polar surface area (TPSA) is 78.1 Å². The molecule has 0 spiro atoms. The van der Waals surface area contributed by atoms with Crippen LogP contribution in [0, 0.1) is 5.41 Å². The first-order chi connectivity index (χ1) is 9.10. The van der Waals surface area contributed by atoms with Crippen LogP contribution in [0.25, 0.3) is 0 Å². The van der Waals surface area contributed by atoms with Crippen molar-refractivity contribution in [3.63, 3.8) is 0 Å². The van der Waals surface area contributed by atoms with E-state index in [0.29, 0.717) is 44.2 Å². The van der Waals surface area contributed by atoms with Gasteiger partial charge in [0.2, 0.25) is 5.96 Å². The predicted molar refractivity (Wildman–Crippen MR) is 69.8 cm³/mol. The molecular formula is C11H22FN5O2. The van der Waals surface area contributed by atoms with Crippen molar-refractivity contribution in [3.8, 4) is 0 Å². The highest BCUT2D eigenvalue weighted by molar-refractivity contribution is 5.76. The minimum atomic E-state index is 0.0598. The minimum absolute atomic E-state index is 0.0598. The number of guanidine groups is 1. The number of hydroxylamine groups is 1. The van der Waals surface area contributed by atoms with E-state index in [4.69, 9.17) is 20.7 Å². The Morgan fingerprint density at radius 3 is 2.63 bits per heavy atom. The fraction of sp³-hybridized carbons (Fsp3) is 0.727. The Labute approximate surface area is 112 Å². The van der Waals surface area contributed by atoms with E-state index in [1.807, 2.05) is 4.90 Å². The highest BCUT2D eigenvalue weighted by Gasteiger charge is 2.20. The van der Waals surface area contributed by atoms with Gasteiger partial charge in [0.05, 0.1) is 26.2 Å². The lowest BCUT2D eigenvalue weighted by molar-refractivity contribution is -0.229. The standard InChI is InChI=1S/C11H22FN5O2/c1-15(11(14)17-3-5-18-6-4-17)16(2)19-9-10(7-12)8-13/h7,14H,3-6,8-9,13H2,1-2H3/b10-7+,14-11?. The molecule has 19 heavy (non-hydrogen) atoms. The first kappa shape index (κ1) is 15.8. The fourth-order valence-corrected chi connectivity index (χ4v) is 1.51. The van der Waals surface area contributed by atoms with E-state index in [0.717, 1.165) is 0 Å². The van der Waals surface area contributed by atoms with Crippen LogP contribution in [0.15, 0.2) is 11.9 Å². The van der Waals surface area contributed by atoms with Crippen LogP contribution in [0.3, 0.4) is 0 Å². The molecule has 0 unspecified atom stereocenters. The van der Waals surface area contributed by atoms with E-state index in [1.54, 1.807) is 14.1 Å². The predicted octanol–water partition coefficient (Wildman–Crippen LogP) is -0.224. The Kier molecular flexibility index (Phi) is 6.71. The molecule has 0 aromatic carbocycles. The van der Waals surface area contributed by atoms with Crippen LogP contribution in [0.4, 0.5) is 4.39 Å². The molecule has 0 atom stereocenters. The molecule has 0 amide bonds. The summed E-state index contributed by atoms with van der Waals surface area (Å²) >= 11 is 0. The van der Waals surface area contributed by atoms with Gasteiger partial charge in [-0.1, -0.05) is 5.17 Å². The molecule has 1 saturated heterocycles. The Morgan fingerprint density at radius 1 is 1.47 bits per heavy atom. The maximum Gasteiger partial charge on any atom is 0.210 e. The molecule has 3 N–H and O–H groups in total. The van der Waals surface area contributed by atoms with Crippen LogP contribution in [0.2, 0.25) is 0 Å². The summed E-state index contributed by atoms with van der Waals surface area (Å²) in [6.07, 6.45) is 0.446. The van der Waals surface area contributed by atoms with E-state index >= 15 is 0 Å². The molecule has 0 saturated carbocycles. The maximum atomic E-state index is 12.3. The summed E-state index contributed by atoms with van der Waals surface area (Å²) < 4.78 is 17.6. The van der Waals surface area contributed by atoms with Gasteiger partial charge in [0, 0.05) is 33.7 Å². The van der Waals surface area contributed by atoms with Gasteiger partial charge in [0.1, 0.15) is 0 Å². The highest BCUT2D eigenvalue weighted by Crippen LogP contribution is 2.04. The normalized spacial score (nSPS) is 16.9. The van der Waals surface area contributed by atoms with Crippen molar-refractivity contribution in [2.45, 2.75) is 0 Å². The third-order valence-corrected chi connectivity index (χ3v) is 2.89. The number of nitrogens with two attached hydrogens (primary N) is 1. The van der Waals surface area contributed by atoms with Crippen LogP contribution in [-0.4, -0.2) is 74.6 Å². The summed E-state index contributed by atoms with van der Waals surface area (Å²) in [5, 5.41) is 11.0. The van der Waals surface area contributed by atoms with E-state index in [1.165, 1.54) is 10.2 Å². The van der Waals surface area contributed by atoms with Gasteiger partial charge in [-0.25, -0.2) is 4.39 Å². The Bertz CT molecular complexity index is 320. The summed E-state index contributed by atoms with van der Waals surface area (Å²) in [5.74, 6) is 0.310. The molecule has 0 aliphatic carbocycles. The average Bonchev–Trinajstić information content (AvgIpc) is 2.47. The largest absolute Gasteiger partial charge is 0.378 e. The van der Waals surface area contributed by atoms with Crippen molar-refractivity contribution in [1.82, 2.24) is 15.1 Å². The van der Waals surface area contributed by atoms with E-state index in [9.17, 15) is 4.39 Å². The molecule has 7 nitrogen and oxygen atoms in total. The number of nitrogens with one attached hydrogen (secondary N) is 1. The number of hydrazine groups is 1. The summed E-state index contributed by atoms with van der Waals surface area (Å²) in [5.41, 5.74) is 5.70. The molecule has 110 valence electrons. The number of hydrogen-bond acceptors (Lipinski definition) is 5. The zero-order valence-corrected chi connectivity index (χ0v) is 11.4. The zero-order chi connectivity index (χ0) is 14.3. The Morgan fingerprint density at radius 2 is 2.11 bits per heavy atom. The van der Waals surface area contributed by atoms with Crippen molar-refractivity contribution in [2.24, 2.45) is 5.73 Å². The Balaban J connectivity index is 2.42.